The summed E-state index contributed by atoms with van der Waals surface area (Å²) in [6.07, 6.45) is 9.67. The molecule has 0 heterocycles. The Morgan fingerprint density at radius 3 is 2.28 bits per heavy atom. The van der Waals surface area contributed by atoms with E-state index in [-0.39, 0.29) is 29.7 Å². The van der Waals surface area contributed by atoms with Crippen molar-refractivity contribution in [2.24, 2.45) is 16.8 Å². The van der Waals surface area contributed by atoms with E-state index >= 15 is 0 Å². The number of aliphatic imine (C=N–C) groups is 1. The molecule has 2 saturated carbocycles. The zero-order valence-corrected chi connectivity index (χ0v) is 18.7. The van der Waals surface area contributed by atoms with Gasteiger partial charge in [-0.1, -0.05) is 19.8 Å². The third kappa shape index (κ3) is 8.43. The lowest BCUT2D eigenvalue weighted by molar-refractivity contribution is 0.304. The molecule has 25 heavy (non-hydrogen) atoms. The number of guanidine groups is 1. The first-order valence-corrected chi connectivity index (χ1v) is 11.1. The van der Waals surface area contributed by atoms with Gasteiger partial charge in [0.2, 0.25) is 10.0 Å². The SMILES string of the molecule is CCC1CCC(NC(=NC)NCCS(=O)(=O)NCC2CCC2)CC1.I. The Labute approximate surface area is 170 Å². The second kappa shape index (κ2) is 11.6. The zero-order valence-electron chi connectivity index (χ0n) is 15.6. The molecule has 0 amide bonds. The molecule has 2 fully saturated rings. The summed E-state index contributed by atoms with van der Waals surface area (Å²) in [6.45, 7) is 3.23. The summed E-state index contributed by atoms with van der Waals surface area (Å²) in [5, 5.41) is 6.56. The lowest BCUT2D eigenvalue weighted by Gasteiger charge is -2.29. The highest BCUT2D eigenvalue weighted by molar-refractivity contribution is 14.0. The molecule has 8 heteroatoms. The van der Waals surface area contributed by atoms with Crippen molar-refractivity contribution in [1.29, 1.82) is 0 Å². The predicted octanol–water partition coefficient (Wildman–Crippen LogP) is 2.46. The summed E-state index contributed by atoms with van der Waals surface area (Å²) in [6, 6.07) is 0.451. The molecule has 2 aliphatic carbocycles. The minimum absolute atomic E-state index is 0. The largest absolute Gasteiger partial charge is 0.355 e. The van der Waals surface area contributed by atoms with E-state index in [0.29, 0.717) is 31.0 Å². The first-order valence-electron chi connectivity index (χ1n) is 9.47. The molecule has 0 aromatic carbocycles. The van der Waals surface area contributed by atoms with Crippen LogP contribution < -0.4 is 15.4 Å². The van der Waals surface area contributed by atoms with Gasteiger partial charge in [0.25, 0.3) is 0 Å². The summed E-state index contributed by atoms with van der Waals surface area (Å²) in [5.41, 5.74) is 0. The quantitative estimate of drug-likeness (QED) is 0.280. The average Bonchev–Trinajstić information content (AvgIpc) is 2.52. The molecule has 0 aliphatic heterocycles. The zero-order chi connectivity index (χ0) is 17.4. The van der Waals surface area contributed by atoms with Gasteiger partial charge in [-0.3, -0.25) is 4.99 Å². The van der Waals surface area contributed by atoms with Crippen molar-refractivity contribution in [3.63, 3.8) is 0 Å². The van der Waals surface area contributed by atoms with Crippen LogP contribution in [0, 0.1) is 11.8 Å². The van der Waals surface area contributed by atoms with Crippen molar-refractivity contribution < 1.29 is 8.42 Å². The summed E-state index contributed by atoms with van der Waals surface area (Å²) in [4.78, 5) is 4.22. The lowest BCUT2D eigenvalue weighted by Crippen LogP contribution is -2.46. The minimum Gasteiger partial charge on any atom is -0.355 e. The van der Waals surface area contributed by atoms with Gasteiger partial charge >= 0.3 is 0 Å². The Kier molecular flexibility index (Phi) is 10.6. The Morgan fingerprint density at radius 1 is 1.08 bits per heavy atom. The Morgan fingerprint density at radius 2 is 1.76 bits per heavy atom. The van der Waals surface area contributed by atoms with Crippen LogP contribution in [0.5, 0.6) is 0 Å². The van der Waals surface area contributed by atoms with Gasteiger partial charge in [0.05, 0.1) is 5.75 Å². The normalized spacial score (nSPS) is 25.0. The highest BCUT2D eigenvalue weighted by atomic mass is 127. The van der Waals surface area contributed by atoms with Gasteiger partial charge < -0.3 is 10.6 Å². The molecule has 2 rings (SSSR count). The van der Waals surface area contributed by atoms with E-state index < -0.39 is 10.0 Å². The predicted molar refractivity (Wildman–Crippen MR) is 115 cm³/mol. The van der Waals surface area contributed by atoms with E-state index in [0.717, 1.165) is 18.8 Å². The molecule has 0 spiro atoms. The van der Waals surface area contributed by atoms with Crippen LogP contribution in [0.15, 0.2) is 4.99 Å². The van der Waals surface area contributed by atoms with E-state index in [9.17, 15) is 8.42 Å². The van der Waals surface area contributed by atoms with E-state index in [2.05, 4.69) is 27.3 Å². The molecule has 0 unspecified atom stereocenters. The van der Waals surface area contributed by atoms with Crippen LogP contribution in [0.4, 0.5) is 0 Å². The number of nitrogens with zero attached hydrogens (tertiary/aromatic N) is 1. The molecule has 0 aromatic rings. The van der Waals surface area contributed by atoms with Gasteiger partial charge in [0.15, 0.2) is 5.96 Å². The number of hydrogen-bond acceptors (Lipinski definition) is 3. The van der Waals surface area contributed by atoms with Gasteiger partial charge in [-0.25, -0.2) is 13.1 Å². The van der Waals surface area contributed by atoms with E-state index in [1.165, 1.54) is 38.5 Å². The van der Waals surface area contributed by atoms with Gasteiger partial charge in [-0.05, 0) is 50.4 Å². The molecule has 6 nitrogen and oxygen atoms in total. The van der Waals surface area contributed by atoms with Crippen molar-refractivity contribution in [2.45, 2.75) is 64.3 Å². The first-order chi connectivity index (χ1) is 11.5. The molecule has 148 valence electrons. The Bertz CT molecular complexity index is 501. The third-order valence-electron chi connectivity index (χ3n) is 5.47. The minimum atomic E-state index is -3.20. The maximum atomic E-state index is 12.0. The van der Waals surface area contributed by atoms with Crippen LogP contribution in [0.2, 0.25) is 0 Å². The number of nitrogens with one attached hydrogen (secondary N) is 3. The average molecular weight is 486 g/mol. The fourth-order valence-corrected chi connectivity index (χ4v) is 4.43. The van der Waals surface area contributed by atoms with Gasteiger partial charge in [0, 0.05) is 26.2 Å². The molecule has 2 aliphatic rings. The molecule has 0 aromatic heterocycles. The highest BCUT2D eigenvalue weighted by Gasteiger charge is 2.21. The van der Waals surface area contributed by atoms with Crippen LogP contribution in [0.25, 0.3) is 0 Å². The van der Waals surface area contributed by atoms with Crippen LogP contribution in [-0.2, 0) is 10.0 Å². The van der Waals surface area contributed by atoms with Crippen LogP contribution in [0.1, 0.15) is 58.3 Å². The van der Waals surface area contributed by atoms with Crippen LogP contribution in [0.3, 0.4) is 0 Å². The van der Waals surface area contributed by atoms with E-state index in [1.807, 2.05) is 0 Å². The first kappa shape index (κ1) is 23.0. The second-order valence-electron chi connectivity index (χ2n) is 7.23. The fourth-order valence-electron chi connectivity index (χ4n) is 3.42. The molecular weight excluding hydrogens is 451 g/mol. The maximum Gasteiger partial charge on any atom is 0.213 e. The van der Waals surface area contributed by atoms with Crippen molar-refractivity contribution in [1.82, 2.24) is 15.4 Å². The maximum absolute atomic E-state index is 12.0. The summed E-state index contributed by atoms with van der Waals surface area (Å²) in [7, 11) is -1.46. The number of hydrogen-bond donors (Lipinski definition) is 3. The summed E-state index contributed by atoms with van der Waals surface area (Å²) >= 11 is 0. The molecule has 0 atom stereocenters. The van der Waals surface area contributed by atoms with E-state index in [4.69, 9.17) is 0 Å². The molecule has 0 bridgehead atoms. The van der Waals surface area contributed by atoms with Crippen molar-refractivity contribution in [3.8, 4) is 0 Å². The summed E-state index contributed by atoms with van der Waals surface area (Å²) < 4.78 is 26.7. The monoisotopic (exact) mass is 486 g/mol. The number of rotatable bonds is 8. The van der Waals surface area contributed by atoms with Gasteiger partial charge in [0.1, 0.15) is 0 Å². The van der Waals surface area contributed by atoms with Gasteiger partial charge in [-0.15, -0.1) is 24.0 Å². The number of sulfonamides is 1. The van der Waals surface area contributed by atoms with Crippen molar-refractivity contribution >= 4 is 40.0 Å². The van der Waals surface area contributed by atoms with Crippen LogP contribution in [-0.4, -0.2) is 46.3 Å². The van der Waals surface area contributed by atoms with E-state index in [1.54, 1.807) is 7.05 Å². The summed E-state index contributed by atoms with van der Waals surface area (Å²) in [5.74, 6) is 2.21. The molecule has 3 N–H and O–H groups in total. The Hall–Kier alpha value is -0.0900. The Balaban J connectivity index is 0.00000312. The highest BCUT2D eigenvalue weighted by Crippen LogP contribution is 2.26. The lowest BCUT2D eigenvalue weighted by atomic mass is 9.84. The number of halogens is 1. The van der Waals surface area contributed by atoms with Crippen molar-refractivity contribution in [2.75, 3.05) is 25.9 Å². The third-order valence-corrected chi connectivity index (χ3v) is 6.82. The van der Waals surface area contributed by atoms with Crippen LogP contribution >= 0.6 is 24.0 Å². The molecule has 0 saturated heterocycles. The standard InChI is InChI=1S/C17H34N4O2S.HI/c1-3-14-7-9-16(10-8-14)21-17(18-2)19-11-12-24(22,23)20-13-15-5-4-6-15;/h14-16,20H,3-13H2,1-2H3,(H2,18,19,21);1H. The second-order valence-corrected chi connectivity index (χ2v) is 9.16. The topological polar surface area (TPSA) is 82.6 Å². The van der Waals surface area contributed by atoms with Gasteiger partial charge in [-0.2, -0.15) is 0 Å². The molecular formula is C17H35IN4O2S. The van der Waals surface area contributed by atoms with Crippen molar-refractivity contribution in [3.05, 3.63) is 0 Å². The smallest absolute Gasteiger partial charge is 0.213 e. The fraction of sp³-hybridized carbons (Fsp3) is 0.941. The molecule has 0 radical (unpaired) electrons.